The number of carbonyl (C=O) groups is 1. The van der Waals surface area contributed by atoms with Crippen LogP contribution in [0.2, 0.25) is 0 Å². The molecular formula is C21H23N5O. The van der Waals surface area contributed by atoms with Gasteiger partial charge in [0, 0.05) is 17.3 Å². The van der Waals surface area contributed by atoms with Crippen LogP contribution in [0, 0.1) is 5.92 Å². The van der Waals surface area contributed by atoms with Crippen molar-refractivity contribution in [2.75, 3.05) is 10.6 Å². The van der Waals surface area contributed by atoms with Crippen LogP contribution >= 0.6 is 0 Å². The molecule has 1 aromatic carbocycles. The Labute approximate surface area is 158 Å². The van der Waals surface area contributed by atoms with Crippen LogP contribution in [0.3, 0.4) is 0 Å². The van der Waals surface area contributed by atoms with Gasteiger partial charge in [-0.2, -0.15) is 5.10 Å². The van der Waals surface area contributed by atoms with Gasteiger partial charge >= 0.3 is 6.03 Å². The number of rotatable bonds is 4. The van der Waals surface area contributed by atoms with Gasteiger partial charge in [-0.1, -0.05) is 25.3 Å². The number of benzene rings is 1. The van der Waals surface area contributed by atoms with Crippen LogP contribution in [-0.2, 0) is 0 Å². The van der Waals surface area contributed by atoms with Gasteiger partial charge < -0.3 is 10.6 Å². The van der Waals surface area contributed by atoms with Gasteiger partial charge in [0.15, 0.2) is 0 Å². The normalized spacial score (nSPS) is 15.3. The molecule has 0 bridgehead atoms. The first-order chi connectivity index (χ1) is 13.3. The topological polar surface area (TPSA) is 82.7 Å². The molecule has 1 saturated carbocycles. The lowest BCUT2D eigenvalue weighted by Crippen LogP contribution is -2.19. The predicted octanol–water partition coefficient (Wildman–Crippen LogP) is 5.20. The smallest absolute Gasteiger partial charge is 0.308 e. The molecule has 0 unspecified atom stereocenters. The van der Waals surface area contributed by atoms with Crippen LogP contribution in [0.15, 0.2) is 48.8 Å². The number of urea groups is 1. The lowest BCUT2D eigenvalue weighted by atomic mass is 9.89. The lowest BCUT2D eigenvalue weighted by molar-refractivity contribution is 0.262. The van der Waals surface area contributed by atoms with Crippen molar-refractivity contribution in [3.05, 3.63) is 54.5 Å². The first kappa shape index (κ1) is 17.3. The predicted molar refractivity (Wildman–Crippen MR) is 109 cm³/mol. The number of nitrogens with zero attached hydrogens (tertiary/aromatic N) is 2. The third-order valence-corrected chi connectivity index (χ3v) is 4.95. The Balaban J connectivity index is 1.43. The minimum atomic E-state index is -0.306. The van der Waals surface area contributed by atoms with E-state index >= 15 is 0 Å². The maximum absolute atomic E-state index is 12.1. The fourth-order valence-corrected chi connectivity index (χ4v) is 3.53. The van der Waals surface area contributed by atoms with Gasteiger partial charge in [-0.15, -0.1) is 0 Å². The number of pyridine rings is 1. The Bertz CT molecular complexity index is 942. The number of nitrogens with one attached hydrogen (secondary N) is 3. The van der Waals surface area contributed by atoms with Crippen molar-refractivity contribution in [2.24, 2.45) is 5.92 Å². The molecule has 0 spiro atoms. The Hall–Kier alpha value is -3.15. The van der Waals surface area contributed by atoms with E-state index in [0.717, 1.165) is 16.6 Å². The number of amides is 2. The van der Waals surface area contributed by atoms with Gasteiger partial charge in [-0.25, -0.2) is 4.79 Å². The number of aromatic nitrogens is 3. The van der Waals surface area contributed by atoms with Crippen molar-refractivity contribution in [1.29, 1.82) is 0 Å². The molecule has 4 rings (SSSR count). The lowest BCUT2D eigenvalue weighted by Gasteiger charge is -2.17. The molecule has 0 aliphatic heterocycles. The molecule has 6 nitrogen and oxygen atoms in total. The molecule has 2 aromatic heterocycles. The molecule has 27 heavy (non-hydrogen) atoms. The standard InChI is InChI=1S/C21H23N5O/c27-21(24-17-7-4-12-22-14-17)23-16-9-10-18-19(25-26-20(18)13-16)11-8-15-5-2-1-3-6-15/h4,7-15H,1-3,5-6H2,(H,25,26)(H2,23,24,27)/b11-8+. The van der Waals surface area contributed by atoms with E-state index in [9.17, 15) is 4.79 Å². The number of carbonyl (C=O) groups excluding carboxylic acids is 1. The largest absolute Gasteiger partial charge is 0.323 e. The molecule has 0 saturated heterocycles. The van der Waals surface area contributed by atoms with Crippen molar-refractivity contribution in [3.63, 3.8) is 0 Å². The van der Waals surface area contributed by atoms with E-state index in [1.165, 1.54) is 32.1 Å². The summed E-state index contributed by atoms with van der Waals surface area (Å²) in [6.45, 7) is 0. The van der Waals surface area contributed by atoms with Crippen molar-refractivity contribution in [2.45, 2.75) is 32.1 Å². The highest BCUT2D eigenvalue weighted by Crippen LogP contribution is 2.27. The van der Waals surface area contributed by atoms with Gasteiger partial charge in [0.05, 0.1) is 23.1 Å². The molecule has 2 heterocycles. The van der Waals surface area contributed by atoms with Gasteiger partial charge in [-0.3, -0.25) is 10.1 Å². The average Bonchev–Trinajstić information content (AvgIpc) is 3.10. The minimum absolute atomic E-state index is 0.306. The number of hydrogen-bond donors (Lipinski definition) is 3. The van der Waals surface area contributed by atoms with E-state index in [1.54, 1.807) is 24.5 Å². The van der Waals surface area contributed by atoms with Crippen molar-refractivity contribution in [1.82, 2.24) is 15.2 Å². The first-order valence-corrected chi connectivity index (χ1v) is 9.42. The minimum Gasteiger partial charge on any atom is -0.308 e. The summed E-state index contributed by atoms with van der Waals surface area (Å²) in [7, 11) is 0. The van der Waals surface area contributed by atoms with Gasteiger partial charge in [-0.05, 0) is 55.2 Å². The molecule has 1 fully saturated rings. The summed E-state index contributed by atoms with van der Waals surface area (Å²) < 4.78 is 0. The molecule has 2 amide bonds. The number of hydrogen-bond acceptors (Lipinski definition) is 3. The highest BCUT2D eigenvalue weighted by atomic mass is 16.2. The Kier molecular flexibility index (Phi) is 5.14. The monoisotopic (exact) mass is 361 g/mol. The Morgan fingerprint density at radius 3 is 2.78 bits per heavy atom. The van der Waals surface area contributed by atoms with Crippen LogP contribution in [0.1, 0.15) is 37.8 Å². The Morgan fingerprint density at radius 1 is 1.11 bits per heavy atom. The average molecular weight is 361 g/mol. The van der Waals surface area contributed by atoms with Gasteiger partial charge in [0.1, 0.15) is 0 Å². The Morgan fingerprint density at radius 2 is 1.96 bits per heavy atom. The van der Waals surface area contributed by atoms with Crippen LogP contribution in [0.4, 0.5) is 16.2 Å². The van der Waals surface area contributed by atoms with E-state index in [0.29, 0.717) is 17.3 Å². The van der Waals surface area contributed by atoms with Crippen LogP contribution in [0.5, 0.6) is 0 Å². The number of fused-ring (bicyclic) bond motifs is 1. The summed E-state index contributed by atoms with van der Waals surface area (Å²) in [6.07, 6.45) is 14.2. The second kappa shape index (κ2) is 8.03. The quantitative estimate of drug-likeness (QED) is 0.597. The second-order valence-electron chi connectivity index (χ2n) is 6.95. The number of aromatic amines is 1. The van der Waals surface area contributed by atoms with E-state index in [-0.39, 0.29) is 6.03 Å². The third kappa shape index (κ3) is 4.34. The summed E-state index contributed by atoms with van der Waals surface area (Å²) in [5, 5.41) is 14.1. The fourth-order valence-electron chi connectivity index (χ4n) is 3.53. The van der Waals surface area contributed by atoms with Crippen molar-refractivity contribution >= 4 is 34.4 Å². The maximum atomic E-state index is 12.1. The molecule has 0 atom stereocenters. The molecular weight excluding hydrogens is 338 g/mol. The molecule has 1 aliphatic rings. The summed E-state index contributed by atoms with van der Waals surface area (Å²) in [6, 6.07) is 9.02. The van der Waals surface area contributed by atoms with Crippen molar-refractivity contribution < 1.29 is 4.79 Å². The number of anilines is 2. The van der Waals surface area contributed by atoms with Gasteiger partial charge in [0.2, 0.25) is 0 Å². The van der Waals surface area contributed by atoms with Gasteiger partial charge in [0.25, 0.3) is 0 Å². The first-order valence-electron chi connectivity index (χ1n) is 9.42. The van der Waals surface area contributed by atoms with E-state index in [1.807, 2.05) is 18.2 Å². The zero-order valence-electron chi connectivity index (χ0n) is 15.1. The second-order valence-corrected chi connectivity index (χ2v) is 6.95. The summed E-state index contributed by atoms with van der Waals surface area (Å²) >= 11 is 0. The molecule has 3 N–H and O–H groups in total. The zero-order valence-corrected chi connectivity index (χ0v) is 15.1. The van der Waals surface area contributed by atoms with Crippen LogP contribution < -0.4 is 10.6 Å². The molecule has 0 radical (unpaired) electrons. The summed E-state index contributed by atoms with van der Waals surface area (Å²) in [4.78, 5) is 16.1. The fraction of sp³-hybridized carbons (Fsp3) is 0.286. The van der Waals surface area contributed by atoms with E-state index in [4.69, 9.17) is 0 Å². The van der Waals surface area contributed by atoms with Crippen LogP contribution in [0.25, 0.3) is 17.0 Å². The number of allylic oxidation sites excluding steroid dienone is 1. The van der Waals surface area contributed by atoms with Crippen molar-refractivity contribution in [3.8, 4) is 0 Å². The van der Waals surface area contributed by atoms with E-state index < -0.39 is 0 Å². The SMILES string of the molecule is O=C(Nc1cccnc1)Nc1ccc2c(/C=C/C3CCCCC3)n[nH]c2c1. The molecule has 138 valence electrons. The number of H-pyrrole nitrogens is 1. The summed E-state index contributed by atoms with van der Waals surface area (Å²) in [5.41, 5.74) is 3.20. The van der Waals surface area contributed by atoms with E-state index in [2.05, 4.69) is 38.0 Å². The van der Waals surface area contributed by atoms with Crippen LogP contribution in [-0.4, -0.2) is 21.2 Å². The highest BCUT2D eigenvalue weighted by Gasteiger charge is 2.11. The zero-order chi connectivity index (χ0) is 18.5. The summed E-state index contributed by atoms with van der Waals surface area (Å²) in [5.74, 6) is 0.669. The molecule has 3 aromatic rings. The third-order valence-electron chi connectivity index (χ3n) is 4.95. The highest BCUT2D eigenvalue weighted by molar-refractivity contribution is 6.01. The maximum Gasteiger partial charge on any atom is 0.323 e. The molecule has 6 heteroatoms. The molecule has 1 aliphatic carbocycles.